The minimum atomic E-state index is -0.272. The van der Waals surface area contributed by atoms with Gasteiger partial charge in [0.15, 0.2) is 0 Å². The van der Waals surface area contributed by atoms with Gasteiger partial charge in [-0.25, -0.2) is 4.39 Å². The van der Waals surface area contributed by atoms with E-state index in [9.17, 15) is 9.18 Å². The lowest BCUT2D eigenvalue weighted by molar-refractivity contribution is -0.117. The third-order valence-electron chi connectivity index (χ3n) is 3.01. The number of halogens is 2. The average Bonchev–Trinajstić information content (AvgIpc) is 2.36. The van der Waals surface area contributed by atoms with Gasteiger partial charge in [-0.05, 0) is 47.9 Å². The molecular weight excluding hydrogens is 263 g/mol. The van der Waals surface area contributed by atoms with Crippen LogP contribution in [0.5, 0.6) is 0 Å². The molecule has 2 aromatic rings. The highest BCUT2D eigenvalue weighted by molar-refractivity contribution is 6.30. The van der Waals surface area contributed by atoms with Crippen molar-refractivity contribution in [2.45, 2.75) is 19.8 Å². The second kappa shape index (κ2) is 5.98. The normalized spacial score (nSPS) is 10.5. The Morgan fingerprint density at radius 3 is 2.42 bits per heavy atom. The van der Waals surface area contributed by atoms with E-state index in [1.807, 2.05) is 19.1 Å². The molecule has 98 valence electrons. The number of aryl methyl sites for hydroxylation is 1. The Hall–Kier alpha value is -1.67. The lowest BCUT2D eigenvalue weighted by Gasteiger charge is -2.05. The summed E-state index contributed by atoms with van der Waals surface area (Å²) < 4.78 is 13.0. The molecule has 3 heteroatoms. The monoisotopic (exact) mass is 276 g/mol. The zero-order chi connectivity index (χ0) is 13.8. The van der Waals surface area contributed by atoms with E-state index in [-0.39, 0.29) is 11.6 Å². The molecule has 0 unspecified atom stereocenters. The fraction of sp³-hybridized carbons (Fsp3) is 0.188. The summed E-state index contributed by atoms with van der Waals surface area (Å²) in [6.07, 6.45) is 0.697. The molecule has 0 N–H and O–H groups in total. The molecule has 1 nitrogen and oxygen atoms in total. The fourth-order valence-electron chi connectivity index (χ4n) is 1.96. The van der Waals surface area contributed by atoms with Crippen molar-refractivity contribution in [2.75, 3.05) is 0 Å². The average molecular weight is 277 g/mol. The molecule has 0 aliphatic carbocycles. The molecule has 0 aromatic heterocycles. The van der Waals surface area contributed by atoms with Crippen LogP contribution in [0.3, 0.4) is 0 Å². The number of carbonyl (C=O) groups is 1. The Labute approximate surface area is 117 Å². The first-order valence-electron chi connectivity index (χ1n) is 6.06. The van der Waals surface area contributed by atoms with Gasteiger partial charge in [-0.15, -0.1) is 0 Å². The smallest absolute Gasteiger partial charge is 0.141 e. The maximum atomic E-state index is 13.0. The van der Waals surface area contributed by atoms with Gasteiger partial charge in [-0.3, -0.25) is 4.79 Å². The van der Waals surface area contributed by atoms with Crippen LogP contribution in [0.15, 0.2) is 42.5 Å². The molecule has 0 amide bonds. The van der Waals surface area contributed by atoms with E-state index in [0.717, 1.165) is 16.7 Å². The Morgan fingerprint density at radius 1 is 1.11 bits per heavy atom. The maximum absolute atomic E-state index is 13.0. The van der Waals surface area contributed by atoms with E-state index in [4.69, 9.17) is 11.6 Å². The van der Waals surface area contributed by atoms with Crippen LogP contribution in [-0.2, 0) is 17.6 Å². The van der Waals surface area contributed by atoms with E-state index in [0.29, 0.717) is 17.9 Å². The van der Waals surface area contributed by atoms with Gasteiger partial charge in [0.2, 0.25) is 0 Å². The van der Waals surface area contributed by atoms with Crippen LogP contribution in [0.1, 0.15) is 16.7 Å². The first-order chi connectivity index (χ1) is 9.04. The predicted molar refractivity (Wildman–Crippen MR) is 75.0 cm³/mol. The lowest BCUT2D eigenvalue weighted by Crippen LogP contribution is -2.07. The van der Waals surface area contributed by atoms with Crippen molar-refractivity contribution in [3.05, 3.63) is 70.0 Å². The molecule has 0 spiro atoms. The van der Waals surface area contributed by atoms with Crippen molar-refractivity contribution in [1.82, 2.24) is 0 Å². The number of Topliss-reactive ketones (excluding diaryl/α,β-unsaturated/α-hetero) is 1. The molecular formula is C16H14ClFO. The van der Waals surface area contributed by atoms with Gasteiger partial charge in [0, 0.05) is 17.9 Å². The van der Waals surface area contributed by atoms with E-state index in [2.05, 4.69) is 0 Å². The molecule has 2 aromatic carbocycles. The fourth-order valence-corrected chi connectivity index (χ4v) is 2.09. The molecule has 0 saturated carbocycles. The SMILES string of the molecule is Cc1cc(F)ccc1CC(=O)Cc1ccc(Cl)cc1. The van der Waals surface area contributed by atoms with Crippen molar-refractivity contribution in [3.63, 3.8) is 0 Å². The topological polar surface area (TPSA) is 17.1 Å². The third kappa shape index (κ3) is 3.90. The van der Waals surface area contributed by atoms with Crippen LogP contribution >= 0.6 is 11.6 Å². The molecule has 0 aliphatic heterocycles. The Bertz CT molecular complexity index is 590. The first-order valence-corrected chi connectivity index (χ1v) is 6.43. The summed E-state index contributed by atoms with van der Waals surface area (Å²) >= 11 is 5.79. The quantitative estimate of drug-likeness (QED) is 0.820. The summed E-state index contributed by atoms with van der Waals surface area (Å²) in [4.78, 5) is 12.0. The van der Waals surface area contributed by atoms with Gasteiger partial charge >= 0.3 is 0 Å². The highest BCUT2D eigenvalue weighted by atomic mass is 35.5. The summed E-state index contributed by atoms with van der Waals surface area (Å²) in [7, 11) is 0. The van der Waals surface area contributed by atoms with Gasteiger partial charge in [-0.1, -0.05) is 29.8 Å². The summed E-state index contributed by atoms with van der Waals surface area (Å²) in [5.41, 5.74) is 2.62. The zero-order valence-electron chi connectivity index (χ0n) is 10.6. The largest absolute Gasteiger partial charge is 0.299 e. The number of hydrogen-bond donors (Lipinski definition) is 0. The van der Waals surface area contributed by atoms with Crippen molar-refractivity contribution < 1.29 is 9.18 Å². The highest BCUT2D eigenvalue weighted by Crippen LogP contribution is 2.14. The van der Waals surface area contributed by atoms with E-state index < -0.39 is 0 Å². The van der Waals surface area contributed by atoms with Gasteiger partial charge in [-0.2, -0.15) is 0 Å². The second-order valence-corrected chi connectivity index (χ2v) is 5.03. The highest BCUT2D eigenvalue weighted by Gasteiger charge is 2.08. The van der Waals surface area contributed by atoms with Gasteiger partial charge in [0.25, 0.3) is 0 Å². The molecule has 0 heterocycles. The van der Waals surface area contributed by atoms with Crippen LogP contribution in [0.25, 0.3) is 0 Å². The van der Waals surface area contributed by atoms with Crippen LogP contribution in [-0.4, -0.2) is 5.78 Å². The van der Waals surface area contributed by atoms with Crippen LogP contribution in [0, 0.1) is 12.7 Å². The molecule has 2 rings (SSSR count). The Balaban J connectivity index is 2.03. The standard InChI is InChI=1S/C16H14ClFO/c1-11-8-15(18)7-4-13(11)10-16(19)9-12-2-5-14(17)6-3-12/h2-8H,9-10H2,1H3. The number of hydrogen-bond acceptors (Lipinski definition) is 1. The minimum Gasteiger partial charge on any atom is -0.299 e. The molecule has 0 atom stereocenters. The van der Waals surface area contributed by atoms with Crippen molar-refractivity contribution in [1.29, 1.82) is 0 Å². The number of carbonyl (C=O) groups excluding carboxylic acids is 1. The summed E-state index contributed by atoms with van der Waals surface area (Å²) in [5.74, 6) is -0.163. The van der Waals surface area contributed by atoms with Crippen molar-refractivity contribution in [3.8, 4) is 0 Å². The minimum absolute atomic E-state index is 0.108. The Morgan fingerprint density at radius 2 is 1.79 bits per heavy atom. The lowest BCUT2D eigenvalue weighted by atomic mass is 9.99. The summed E-state index contributed by atoms with van der Waals surface area (Å²) in [6, 6.07) is 11.7. The number of ketones is 1. The molecule has 0 bridgehead atoms. The van der Waals surface area contributed by atoms with Crippen LogP contribution in [0.2, 0.25) is 5.02 Å². The summed E-state index contributed by atoms with van der Waals surface area (Å²) in [5, 5.41) is 0.658. The molecule has 0 aliphatic rings. The van der Waals surface area contributed by atoms with Crippen molar-refractivity contribution in [2.24, 2.45) is 0 Å². The van der Waals surface area contributed by atoms with E-state index in [1.54, 1.807) is 18.2 Å². The van der Waals surface area contributed by atoms with E-state index >= 15 is 0 Å². The zero-order valence-corrected chi connectivity index (χ0v) is 11.4. The van der Waals surface area contributed by atoms with E-state index in [1.165, 1.54) is 12.1 Å². The van der Waals surface area contributed by atoms with Gasteiger partial charge in [0.05, 0.1) is 0 Å². The number of benzene rings is 2. The third-order valence-corrected chi connectivity index (χ3v) is 3.26. The van der Waals surface area contributed by atoms with Crippen LogP contribution in [0.4, 0.5) is 4.39 Å². The molecule has 19 heavy (non-hydrogen) atoms. The maximum Gasteiger partial charge on any atom is 0.141 e. The van der Waals surface area contributed by atoms with Gasteiger partial charge in [0.1, 0.15) is 11.6 Å². The first kappa shape index (κ1) is 13.8. The molecule has 0 saturated heterocycles. The Kier molecular flexibility index (Phi) is 4.33. The summed E-state index contributed by atoms with van der Waals surface area (Å²) in [6.45, 7) is 1.81. The van der Waals surface area contributed by atoms with Crippen molar-refractivity contribution >= 4 is 17.4 Å². The van der Waals surface area contributed by atoms with Gasteiger partial charge < -0.3 is 0 Å². The predicted octanol–water partition coefficient (Wildman–Crippen LogP) is 4.14. The van der Waals surface area contributed by atoms with Crippen LogP contribution < -0.4 is 0 Å². The second-order valence-electron chi connectivity index (χ2n) is 4.59. The number of rotatable bonds is 4. The molecule has 0 radical (unpaired) electrons. The molecule has 0 fully saturated rings.